The minimum Gasteiger partial charge on any atom is -0.508 e. The van der Waals surface area contributed by atoms with Crippen molar-refractivity contribution in [2.45, 2.75) is 49.7 Å². The molecule has 4 aliphatic heterocycles. The number of aromatic hydroxyl groups is 1. The van der Waals surface area contributed by atoms with Crippen molar-refractivity contribution in [1.29, 1.82) is 0 Å². The number of phenolic OH excluding ortho intramolecular Hbond substituents is 1. The van der Waals surface area contributed by atoms with Gasteiger partial charge in [-0.25, -0.2) is 8.78 Å². The lowest BCUT2D eigenvalue weighted by molar-refractivity contribution is 0.0829. The predicted octanol–water partition coefficient (Wildman–Crippen LogP) is 4.61. The summed E-state index contributed by atoms with van der Waals surface area (Å²) in [6, 6.07) is 6.43. The summed E-state index contributed by atoms with van der Waals surface area (Å²) in [6.07, 6.45) is 12.9. The molecule has 224 valence electrons. The molecule has 5 aliphatic rings. The number of nitrogens with one attached hydrogen (secondary N) is 1. The van der Waals surface area contributed by atoms with Crippen LogP contribution >= 0.6 is 0 Å². The van der Waals surface area contributed by atoms with Gasteiger partial charge in [0.05, 0.1) is 16.5 Å². The predicted molar refractivity (Wildman–Crippen MR) is 163 cm³/mol. The molecule has 0 radical (unpaired) electrons. The Bertz CT molecular complexity index is 1900. The Labute approximate surface area is 253 Å². The number of phenols is 1. The third-order valence-electron chi connectivity index (χ3n) is 10.8. The molecule has 0 spiro atoms. The van der Waals surface area contributed by atoms with Crippen molar-refractivity contribution >= 4 is 27.5 Å². The van der Waals surface area contributed by atoms with Gasteiger partial charge in [-0.3, -0.25) is 9.88 Å². The van der Waals surface area contributed by atoms with E-state index in [-0.39, 0.29) is 39.6 Å². The second kappa shape index (κ2) is 9.46. The number of halogens is 2. The quantitative estimate of drug-likeness (QED) is 0.324. The van der Waals surface area contributed by atoms with Crippen LogP contribution < -0.4 is 15.0 Å². The van der Waals surface area contributed by atoms with Crippen LogP contribution in [0.1, 0.15) is 37.7 Å². The summed E-state index contributed by atoms with van der Waals surface area (Å²) < 4.78 is 38.0. The van der Waals surface area contributed by atoms with Gasteiger partial charge < -0.3 is 20.1 Å². The summed E-state index contributed by atoms with van der Waals surface area (Å²) in [4.78, 5) is 18.9. The van der Waals surface area contributed by atoms with Crippen LogP contribution in [0.15, 0.2) is 30.5 Å². The molecule has 4 aromatic rings. The topological polar surface area (TPSA) is 86.6 Å². The molecule has 2 bridgehead atoms. The summed E-state index contributed by atoms with van der Waals surface area (Å²) in [7, 11) is 0. The molecule has 2 aromatic carbocycles. The largest absolute Gasteiger partial charge is 0.508 e. The third kappa shape index (κ3) is 3.85. The molecule has 0 amide bonds. The first-order chi connectivity index (χ1) is 21.4. The van der Waals surface area contributed by atoms with Gasteiger partial charge in [0.25, 0.3) is 0 Å². The van der Waals surface area contributed by atoms with E-state index in [2.05, 4.69) is 31.0 Å². The van der Waals surface area contributed by atoms with Crippen LogP contribution in [0.25, 0.3) is 32.9 Å². The Morgan fingerprint density at radius 2 is 1.98 bits per heavy atom. The maximum absolute atomic E-state index is 16.8. The van der Waals surface area contributed by atoms with E-state index in [4.69, 9.17) is 16.1 Å². The van der Waals surface area contributed by atoms with Crippen LogP contribution in [0.4, 0.5) is 14.6 Å². The van der Waals surface area contributed by atoms with E-state index in [1.807, 2.05) is 0 Å². The van der Waals surface area contributed by atoms with Gasteiger partial charge in [0.2, 0.25) is 0 Å². The number of nitrogens with zero attached hydrogens (tertiary/aromatic N) is 5. The van der Waals surface area contributed by atoms with Gasteiger partial charge in [0.15, 0.2) is 5.82 Å². The highest BCUT2D eigenvalue weighted by molar-refractivity contribution is 6.03. The average Bonchev–Trinajstić information content (AvgIpc) is 3.39. The van der Waals surface area contributed by atoms with E-state index in [1.54, 1.807) is 6.20 Å². The lowest BCUT2D eigenvalue weighted by Gasteiger charge is -2.35. The van der Waals surface area contributed by atoms with Crippen LogP contribution in [0, 0.1) is 35.8 Å². The fourth-order valence-corrected chi connectivity index (χ4v) is 8.74. The zero-order valence-electron chi connectivity index (χ0n) is 24.2. The van der Waals surface area contributed by atoms with Gasteiger partial charge in [0, 0.05) is 48.9 Å². The van der Waals surface area contributed by atoms with E-state index in [1.165, 1.54) is 30.7 Å². The summed E-state index contributed by atoms with van der Waals surface area (Å²) in [5, 5.41) is 15.5. The number of hydrogen-bond acceptors (Lipinski definition) is 8. The SMILES string of the molecule is C#Cc1c(F)ccc2cc(O)cc(-c3ncc4c(N5C[C@H]6CC[C@@H](C5)N6)nc(OC[C@]56CCCN5C[C@@H]5C[C@@H]56)nc4c3F)c12. The van der Waals surface area contributed by atoms with Crippen LogP contribution in [0.5, 0.6) is 11.8 Å². The maximum atomic E-state index is 16.8. The molecule has 9 rings (SSSR count). The monoisotopic (exact) mass is 594 g/mol. The van der Waals surface area contributed by atoms with Crippen LogP contribution in [0.2, 0.25) is 0 Å². The van der Waals surface area contributed by atoms with Crippen LogP contribution in [-0.2, 0) is 0 Å². The Hall–Kier alpha value is -4.07. The van der Waals surface area contributed by atoms with Crippen molar-refractivity contribution in [3.05, 3.63) is 47.7 Å². The number of piperazine rings is 1. The highest BCUT2D eigenvalue weighted by Crippen LogP contribution is 2.59. The highest BCUT2D eigenvalue weighted by atomic mass is 19.1. The first-order valence-electron chi connectivity index (χ1n) is 15.6. The van der Waals surface area contributed by atoms with Gasteiger partial charge in [-0.2, -0.15) is 9.97 Å². The van der Waals surface area contributed by atoms with E-state index in [0.29, 0.717) is 46.6 Å². The second-order valence-corrected chi connectivity index (χ2v) is 13.3. The summed E-state index contributed by atoms with van der Waals surface area (Å²) in [5.74, 6) is 2.99. The Morgan fingerprint density at radius 1 is 1.14 bits per heavy atom. The molecular formula is C34H32F2N6O2. The lowest BCUT2D eigenvalue weighted by atomic mass is 9.92. The zero-order chi connectivity index (χ0) is 29.7. The molecule has 1 aliphatic carbocycles. The van der Waals surface area contributed by atoms with Gasteiger partial charge in [-0.15, -0.1) is 6.42 Å². The first-order valence-corrected chi connectivity index (χ1v) is 15.6. The number of terminal acetylenes is 1. The second-order valence-electron chi connectivity index (χ2n) is 13.3. The Kier molecular flexibility index (Phi) is 5.67. The number of piperidine rings is 1. The van der Waals surface area contributed by atoms with Crippen molar-refractivity contribution < 1.29 is 18.6 Å². The molecular weight excluding hydrogens is 562 g/mol. The van der Waals surface area contributed by atoms with E-state index < -0.39 is 11.6 Å². The normalized spacial score (nSPS) is 28.8. The third-order valence-corrected chi connectivity index (χ3v) is 10.8. The lowest BCUT2D eigenvalue weighted by Crippen LogP contribution is -2.51. The molecule has 1 saturated carbocycles. The molecule has 0 unspecified atom stereocenters. The number of fused-ring (bicyclic) bond motifs is 7. The van der Waals surface area contributed by atoms with Crippen molar-refractivity contribution in [1.82, 2.24) is 25.2 Å². The Balaban J connectivity index is 1.19. The van der Waals surface area contributed by atoms with Gasteiger partial charge in [-0.1, -0.05) is 12.0 Å². The van der Waals surface area contributed by atoms with E-state index >= 15 is 4.39 Å². The Morgan fingerprint density at radius 3 is 2.80 bits per heavy atom. The first kappa shape index (κ1) is 26.3. The average molecular weight is 595 g/mol. The zero-order valence-corrected chi connectivity index (χ0v) is 24.2. The van der Waals surface area contributed by atoms with Crippen molar-refractivity contribution in [3.63, 3.8) is 0 Å². The van der Waals surface area contributed by atoms with E-state index in [0.717, 1.165) is 57.8 Å². The molecule has 6 heterocycles. The molecule has 44 heavy (non-hydrogen) atoms. The minimum absolute atomic E-state index is 0.00935. The number of aromatic nitrogens is 3. The molecule has 5 fully saturated rings. The van der Waals surface area contributed by atoms with Crippen LogP contribution in [-0.4, -0.2) is 75.4 Å². The van der Waals surface area contributed by atoms with Crippen molar-refractivity contribution in [2.75, 3.05) is 37.7 Å². The maximum Gasteiger partial charge on any atom is 0.319 e. The minimum atomic E-state index is -0.697. The number of ether oxygens (including phenoxy) is 1. The highest BCUT2D eigenvalue weighted by Gasteiger charge is 2.63. The smallest absolute Gasteiger partial charge is 0.319 e. The molecule has 8 nitrogen and oxygen atoms in total. The number of anilines is 1. The number of rotatable bonds is 5. The van der Waals surface area contributed by atoms with Gasteiger partial charge >= 0.3 is 6.01 Å². The molecule has 10 heteroatoms. The fraction of sp³-hybridized carbons (Fsp3) is 0.441. The van der Waals surface area contributed by atoms with Crippen molar-refractivity contribution in [3.8, 4) is 35.4 Å². The molecule has 4 saturated heterocycles. The molecule has 5 atom stereocenters. The standard InChI is InChI=1S/C34H32F2N6O2/c1-2-23-27(35)7-4-18-10-22(43)12-24(28(18)23)30-29(36)31-25(13-37-30)32(41-15-20-5-6-21(16-41)38-20)40-33(39-31)44-17-34-8-3-9-42(34)14-19-11-26(19)34/h1,4,7,10,12-13,19-21,26,38,43H,3,5-6,8-9,11,14-17H2/t19-,20-,21+,26-,34-/m0/s1. The number of pyridine rings is 1. The molecule has 2 aromatic heterocycles. The fourth-order valence-electron chi connectivity index (χ4n) is 8.74. The number of benzene rings is 2. The summed E-state index contributed by atoms with van der Waals surface area (Å²) in [6.45, 7) is 4.19. The summed E-state index contributed by atoms with van der Waals surface area (Å²) in [5.41, 5.74) is 0.190. The van der Waals surface area contributed by atoms with Crippen LogP contribution in [0.3, 0.4) is 0 Å². The van der Waals surface area contributed by atoms with Crippen molar-refractivity contribution in [2.24, 2.45) is 11.8 Å². The summed E-state index contributed by atoms with van der Waals surface area (Å²) >= 11 is 0. The number of hydrogen-bond donors (Lipinski definition) is 2. The van der Waals surface area contributed by atoms with Gasteiger partial charge in [0.1, 0.15) is 35.2 Å². The molecule has 2 N–H and O–H groups in total. The van der Waals surface area contributed by atoms with E-state index in [9.17, 15) is 9.50 Å². The van der Waals surface area contributed by atoms with Gasteiger partial charge in [-0.05, 0) is 74.1 Å².